The van der Waals surface area contributed by atoms with Gasteiger partial charge in [0, 0.05) is 12.0 Å². The van der Waals surface area contributed by atoms with Gasteiger partial charge in [-0.2, -0.15) is 0 Å². The highest BCUT2D eigenvalue weighted by Gasteiger charge is 2.03. The topological polar surface area (TPSA) is 46.5 Å². The summed E-state index contributed by atoms with van der Waals surface area (Å²) in [6.45, 7) is 0.663. The van der Waals surface area contributed by atoms with Gasteiger partial charge in [-0.25, -0.2) is 0 Å². The molecule has 0 aliphatic heterocycles. The molecule has 0 atom stereocenters. The molecule has 0 heterocycles. The SMILES string of the molecule is O=C(CCOCCO)c1ccccc1. The Labute approximate surface area is 83.3 Å². The van der Waals surface area contributed by atoms with Crippen molar-refractivity contribution in [3.8, 4) is 0 Å². The maximum absolute atomic E-state index is 11.5. The third-order valence-electron chi connectivity index (χ3n) is 1.80. The Hall–Kier alpha value is -1.19. The molecule has 1 aromatic carbocycles. The van der Waals surface area contributed by atoms with E-state index in [0.717, 1.165) is 0 Å². The van der Waals surface area contributed by atoms with Crippen LogP contribution in [0.3, 0.4) is 0 Å². The highest BCUT2D eigenvalue weighted by Crippen LogP contribution is 2.02. The molecule has 3 nitrogen and oxygen atoms in total. The van der Waals surface area contributed by atoms with Gasteiger partial charge in [0.05, 0.1) is 19.8 Å². The Kier molecular flexibility index (Phi) is 4.89. The molecule has 0 saturated carbocycles. The first kappa shape index (κ1) is 10.9. The molecule has 76 valence electrons. The summed E-state index contributed by atoms with van der Waals surface area (Å²) in [5, 5.41) is 8.44. The molecule has 0 saturated heterocycles. The minimum absolute atomic E-state index is 0.000469. The largest absolute Gasteiger partial charge is 0.394 e. The summed E-state index contributed by atoms with van der Waals surface area (Å²) in [4.78, 5) is 11.5. The molecule has 0 aliphatic carbocycles. The van der Waals surface area contributed by atoms with Crippen LogP contribution in [-0.2, 0) is 4.74 Å². The van der Waals surface area contributed by atoms with Crippen LogP contribution in [0.4, 0.5) is 0 Å². The second-order valence-electron chi connectivity index (χ2n) is 2.88. The molecule has 0 bridgehead atoms. The molecule has 14 heavy (non-hydrogen) atoms. The number of hydrogen-bond donors (Lipinski definition) is 1. The molecule has 0 unspecified atom stereocenters. The molecule has 0 aliphatic rings. The van der Waals surface area contributed by atoms with Crippen molar-refractivity contribution >= 4 is 5.78 Å². The number of aliphatic hydroxyl groups is 1. The quantitative estimate of drug-likeness (QED) is 0.548. The van der Waals surface area contributed by atoms with Gasteiger partial charge in [-0.3, -0.25) is 4.79 Å². The van der Waals surface area contributed by atoms with Gasteiger partial charge in [0.15, 0.2) is 5.78 Å². The Balaban J connectivity index is 2.29. The van der Waals surface area contributed by atoms with Crippen molar-refractivity contribution < 1.29 is 14.6 Å². The van der Waals surface area contributed by atoms with Crippen LogP contribution in [0.1, 0.15) is 16.8 Å². The maximum atomic E-state index is 11.5. The van der Waals surface area contributed by atoms with Crippen molar-refractivity contribution in [3.05, 3.63) is 35.9 Å². The summed E-state index contributed by atoms with van der Waals surface area (Å²) in [6.07, 6.45) is 0.365. The van der Waals surface area contributed by atoms with Gasteiger partial charge in [-0.05, 0) is 0 Å². The van der Waals surface area contributed by atoms with Gasteiger partial charge >= 0.3 is 0 Å². The molecule has 1 N–H and O–H groups in total. The van der Waals surface area contributed by atoms with Gasteiger partial charge in [0.2, 0.25) is 0 Å². The molecular formula is C11H14O3. The molecule has 3 heteroatoms. The van der Waals surface area contributed by atoms with Gasteiger partial charge in [-0.15, -0.1) is 0 Å². The van der Waals surface area contributed by atoms with Gasteiger partial charge < -0.3 is 9.84 Å². The summed E-state index contributed by atoms with van der Waals surface area (Å²) in [5.41, 5.74) is 0.708. The lowest BCUT2D eigenvalue weighted by Gasteiger charge is -2.01. The van der Waals surface area contributed by atoms with E-state index in [0.29, 0.717) is 25.2 Å². The third kappa shape index (κ3) is 3.68. The highest BCUT2D eigenvalue weighted by molar-refractivity contribution is 5.96. The first-order chi connectivity index (χ1) is 6.84. The van der Waals surface area contributed by atoms with Crippen LogP contribution >= 0.6 is 0 Å². The molecular weight excluding hydrogens is 180 g/mol. The number of Topliss-reactive ketones (excluding diaryl/α,β-unsaturated/α-hetero) is 1. The predicted molar refractivity (Wildman–Crippen MR) is 53.3 cm³/mol. The van der Waals surface area contributed by atoms with E-state index in [1.54, 1.807) is 12.1 Å². The number of ketones is 1. The van der Waals surface area contributed by atoms with Crippen molar-refractivity contribution in [1.82, 2.24) is 0 Å². The fourth-order valence-corrected chi connectivity index (χ4v) is 1.10. The predicted octanol–water partition coefficient (Wildman–Crippen LogP) is 1.27. The van der Waals surface area contributed by atoms with E-state index in [1.165, 1.54) is 0 Å². The zero-order valence-corrected chi connectivity index (χ0v) is 7.98. The molecule has 0 spiro atoms. The van der Waals surface area contributed by atoms with Gasteiger partial charge in [-0.1, -0.05) is 30.3 Å². The number of rotatable bonds is 6. The lowest BCUT2D eigenvalue weighted by Crippen LogP contribution is -2.06. The van der Waals surface area contributed by atoms with E-state index in [4.69, 9.17) is 9.84 Å². The molecule has 1 rings (SSSR count). The normalized spacial score (nSPS) is 10.1. The van der Waals surface area contributed by atoms with Crippen LogP contribution in [0.5, 0.6) is 0 Å². The van der Waals surface area contributed by atoms with Crippen molar-refractivity contribution in [2.45, 2.75) is 6.42 Å². The summed E-state index contributed by atoms with van der Waals surface area (Å²) in [7, 11) is 0. The number of carbonyl (C=O) groups is 1. The number of ether oxygens (including phenoxy) is 1. The van der Waals surface area contributed by atoms with Crippen LogP contribution in [0.15, 0.2) is 30.3 Å². The minimum atomic E-state index is -0.000469. The monoisotopic (exact) mass is 194 g/mol. The Morgan fingerprint density at radius 2 is 1.93 bits per heavy atom. The Morgan fingerprint density at radius 3 is 2.57 bits per heavy atom. The standard InChI is InChI=1S/C11H14O3/c12-7-9-14-8-6-11(13)10-4-2-1-3-5-10/h1-5,12H,6-9H2. The minimum Gasteiger partial charge on any atom is -0.394 e. The van der Waals surface area contributed by atoms with Crippen LogP contribution in [0.25, 0.3) is 0 Å². The van der Waals surface area contributed by atoms with E-state index in [2.05, 4.69) is 0 Å². The molecule has 0 aromatic heterocycles. The van der Waals surface area contributed by atoms with E-state index < -0.39 is 0 Å². The van der Waals surface area contributed by atoms with E-state index in [9.17, 15) is 4.79 Å². The lowest BCUT2D eigenvalue weighted by atomic mass is 10.1. The number of benzene rings is 1. The zero-order valence-electron chi connectivity index (χ0n) is 7.98. The maximum Gasteiger partial charge on any atom is 0.165 e. The van der Waals surface area contributed by atoms with Gasteiger partial charge in [0.1, 0.15) is 0 Å². The van der Waals surface area contributed by atoms with E-state index in [-0.39, 0.29) is 12.4 Å². The Morgan fingerprint density at radius 1 is 1.21 bits per heavy atom. The van der Waals surface area contributed by atoms with Crippen molar-refractivity contribution in [1.29, 1.82) is 0 Å². The summed E-state index contributed by atoms with van der Waals surface area (Å²) < 4.78 is 5.00. The summed E-state index contributed by atoms with van der Waals surface area (Å²) >= 11 is 0. The fraction of sp³-hybridized carbons (Fsp3) is 0.364. The number of aliphatic hydroxyl groups excluding tert-OH is 1. The van der Waals surface area contributed by atoms with Crippen molar-refractivity contribution in [2.75, 3.05) is 19.8 Å². The van der Waals surface area contributed by atoms with Crippen LogP contribution in [0, 0.1) is 0 Å². The fourth-order valence-electron chi connectivity index (χ4n) is 1.10. The molecule has 0 fully saturated rings. The number of carbonyl (C=O) groups excluding carboxylic acids is 1. The van der Waals surface area contributed by atoms with Gasteiger partial charge in [0.25, 0.3) is 0 Å². The second kappa shape index (κ2) is 6.29. The zero-order chi connectivity index (χ0) is 10.2. The van der Waals surface area contributed by atoms with Crippen molar-refractivity contribution in [2.24, 2.45) is 0 Å². The van der Waals surface area contributed by atoms with E-state index in [1.807, 2.05) is 18.2 Å². The number of hydrogen-bond acceptors (Lipinski definition) is 3. The average molecular weight is 194 g/mol. The molecule has 0 radical (unpaired) electrons. The first-order valence-corrected chi connectivity index (χ1v) is 4.61. The third-order valence-corrected chi connectivity index (χ3v) is 1.80. The van der Waals surface area contributed by atoms with Crippen LogP contribution in [-0.4, -0.2) is 30.7 Å². The van der Waals surface area contributed by atoms with Crippen molar-refractivity contribution in [3.63, 3.8) is 0 Å². The second-order valence-corrected chi connectivity index (χ2v) is 2.88. The smallest absolute Gasteiger partial charge is 0.165 e. The average Bonchev–Trinajstić information content (AvgIpc) is 2.25. The van der Waals surface area contributed by atoms with E-state index >= 15 is 0 Å². The molecule has 0 amide bonds. The highest BCUT2D eigenvalue weighted by atomic mass is 16.5. The lowest BCUT2D eigenvalue weighted by molar-refractivity contribution is 0.0766. The molecule has 1 aromatic rings. The first-order valence-electron chi connectivity index (χ1n) is 4.61. The van der Waals surface area contributed by atoms with Crippen LogP contribution in [0.2, 0.25) is 0 Å². The summed E-state index contributed by atoms with van der Waals surface area (Å²) in [6, 6.07) is 9.12. The summed E-state index contributed by atoms with van der Waals surface area (Å²) in [5.74, 6) is 0.0727. The Bertz CT molecular complexity index is 269. The van der Waals surface area contributed by atoms with Crippen LogP contribution < -0.4 is 0 Å².